The normalized spacial score (nSPS) is 11.3. The van der Waals surface area contributed by atoms with Crippen LogP contribution in [0, 0.1) is 17.7 Å². The van der Waals surface area contributed by atoms with Crippen LogP contribution in [0.3, 0.4) is 0 Å². The first kappa shape index (κ1) is 14.2. The molecule has 2 heterocycles. The van der Waals surface area contributed by atoms with Crippen molar-refractivity contribution in [3.8, 4) is 11.8 Å². The highest BCUT2D eigenvalue weighted by atomic mass is 19.1. The molecule has 110 valence electrons. The van der Waals surface area contributed by atoms with E-state index in [-0.39, 0.29) is 11.2 Å². The zero-order valence-electron chi connectivity index (χ0n) is 12.6. The summed E-state index contributed by atoms with van der Waals surface area (Å²) in [5, 5.41) is 4.43. The molecule has 0 radical (unpaired) electrons. The Kier molecular flexibility index (Phi) is 3.38. The van der Waals surface area contributed by atoms with Gasteiger partial charge in [-0.15, -0.1) is 5.10 Å². The summed E-state index contributed by atoms with van der Waals surface area (Å²) in [4.78, 5) is 8.66. The molecule has 0 aliphatic carbocycles. The fourth-order valence-electron chi connectivity index (χ4n) is 1.87. The van der Waals surface area contributed by atoms with E-state index in [1.165, 1.54) is 12.1 Å². The fraction of sp³-hybridized carbons (Fsp3) is 0.235. The lowest BCUT2D eigenvalue weighted by atomic mass is 9.96. The first-order chi connectivity index (χ1) is 10.4. The highest BCUT2D eigenvalue weighted by molar-refractivity contribution is 5.42. The van der Waals surface area contributed by atoms with E-state index in [1.54, 1.807) is 29.0 Å². The molecule has 0 N–H and O–H groups in total. The molecule has 0 aliphatic rings. The van der Waals surface area contributed by atoms with Gasteiger partial charge in [0.2, 0.25) is 0 Å². The molecular formula is C17H15FN4. The van der Waals surface area contributed by atoms with Gasteiger partial charge < -0.3 is 0 Å². The quantitative estimate of drug-likeness (QED) is 0.599. The number of fused-ring (bicyclic) bond motifs is 1. The molecule has 0 saturated heterocycles. The highest BCUT2D eigenvalue weighted by Gasteiger charge is 2.19. The van der Waals surface area contributed by atoms with E-state index in [9.17, 15) is 4.39 Å². The lowest BCUT2D eigenvalue weighted by Gasteiger charge is -2.11. The van der Waals surface area contributed by atoms with Crippen molar-refractivity contribution in [2.75, 3.05) is 0 Å². The summed E-state index contributed by atoms with van der Waals surface area (Å²) in [5.74, 6) is 6.85. The van der Waals surface area contributed by atoms with E-state index >= 15 is 0 Å². The van der Waals surface area contributed by atoms with Crippen molar-refractivity contribution in [1.29, 1.82) is 0 Å². The second-order valence-electron chi connectivity index (χ2n) is 6.03. The zero-order chi connectivity index (χ0) is 15.7. The topological polar surface area (TPSA) is 43.1 Å². The van der Waals surface area contributed by atoms with E-state index in [4.69, 9.17) is 0 Å². The average Bonchev–Trinajstić information content (AvgIpc) is 2.88. The van der Waals surface area contributed by atoms with Gasteiger partial charge in [-0.1, -0.05) is 38.7 Å². The molecular weight excluding hydrogens is 279 g/mol. The summed E-state index contributed by atoms with van der Waals surface area (Å²) in [6.45, 7) is 6.14. The molecule has 0 aliphatic heterocycles. The Morgan fingerprint density at radius 2 is 1.91 bits per heavy atom. The minimum absolute atomic E-state index is 0.138. The van der Waals surface area contributed by atoms with E-state index in [2.05, 4.69) is 26.9 Å². The number of hydrogen-bond acceptors (Lipinski definition) is 3. The van der Waals surface area contributed by atoms with Crippen LogP contribution in [-0.4, -0.2) is 19.6 Å². The average molecular weight is 294 g/mol. The Hall–Kier alpha value is -2.74. The maximum Gasteiger partial charge on any atom is 0.252 e. The number of rotatable bonds is 0. The molecule has 3 aromatic rings. The second-order valence-corrected chi connectivity index (χ2v) is 6.03. The van der Waals surface area contributed by atoms with E-state index in [0.29, 0.717) is 16.9 Å². The summed E-state index contributed by atoms with van der Waals surface area (Å²) >= 11 is 0. The molecule has 3 rings (SSSR count). The third-order valence-electron chi connectivity index (χ3n) is 3.04. The summed E-state index contributed by atoms with van der Waals surface area (Å²) in [5.41, 5.74) is 1.18. The van der Waals surface area contributed by atoms with Crippen LogP contribution in [0.1, 0.15) is 37.7 Å². The molecule has 4 nitrogen and oxygen atoms in total. The van der Waals surface area contributed by atoms with Gasteiger partial charge in [0.05, 0.1) is 5.56 Å². The Morgan fingerprint density at radius 3 is 2.64 bits per heavy atom. The Labute approximate surface area is 128 Å². The van der Waals surface area contributed by atoms with Gasteiger partial charge in [0.25, 0.3) is 5.78 Å². The van der Waals surface area contributed by atoms with Gasteiger partial charge in [0.15, 0.2) is 5.82 Å². The monoisotopic (exact) mass is 294 g/mol. The SMILES string of the molecule is CC(C)(C)c1nc2ncc(C#Cc3cccc(F)c3)cn2n1. The minimum Gasteiger partial charge on any atom is -0.218 e. The van der Waals surface area contributed by atoms with Crippen LogP contribution in [0.5, 0.6) is 0 Å². The number of halogens is 1. The van der Waals surface area contributed by atoms with Crippen molar-refractivity contribution in [1.82, 2.24) is 19.6 Å². The van der Waals surface area contributed by atoms with Crippen LogP contribution in [-0.2, 0) is 5.41 Å². The molecule has 0 amide bonds. The minimum atomic E-state index is -0.300. The van der Waals surface area contributed by atoms with Crippen LogP contribution in [0.15, 0.2) is 36.7 Å². The first-order valence-electron chi connectivity index (χ1n) is 6.92. The highest BCUT2D eigenvalue weighted by Crippen LogP contribution is 2.18. The lowest BCUT2D eigenvalue weighted by Crippen LogP contribution is -2.13. The molecule has 0 saturated carbocycles. The van der Waals surface area contributed by atoms with Crippen LogP contribution in [0.2, 0.25) is 0 Å². The van der Waals surface area contributed by atoms with Gasteiger partial charge >= 0.3 is 0 Å². The summed E-state index contributed by atoms with van der Waals surface area (Å²) in [6.07, 6.45) is 3.42. The third-order valence-corrected chi connectivity index (χ3v) is 3.04. The molecule has 2 aromatic heterocycles. The van der Waals surface area contributed by atoms with E-state index in [1.807, 2.05) is 20.8 Å². The fourth-order valence-corrected chi connectivity index (χ4v) is 1.87. The van der Waals surface area contributed by atoms with Crippen LogP contribution in [0.4, 0.5) is 4.39 Å². The van der Waals surface area contributed by atoms with E-state index in [0.717, 1.165) is 5.82 Å². The molecule has 0 fully saturated rings. The number of aromatic nitrogens is 4. The predicted octanol–water partition coefficient (Wildman–Crippen LogP) is 2.96. The van der Waals surface area contributed by atoms with Gasteiger partial charge in [-0.05, 0) is 18.2 Å². The molecule has 0 bridgehead atoms. The van der Waals surface area contributed by atoms with Gasteiger partial charge in [-0.3, -0.25) is 0 Å². The second kappa shape index (κ2) is 5.23. The van der Waals surface area contributed by atoms with Crippen molar-refractivity contribution >= 4 is 5.78 Å². The Balaban J connectivity index is 1.96. The van der Waals surface area contributed by atoms with Gasteiger partial charge in [-0.25, -0.2) is 13.9 Å². The molecule has 0 unspecified atom stereocenters. The summed E-state index contributed by atoms with van der Waals surface area (Å²) in [7, 11) is 0. The molecule has 0 atom stereocenters. The van der Waals surface area contributed by atoms with Crippen molar-refractivity contribution in [2.45, 2.75) is 26.2 Å². The predicted molar refractivity (Wildman–Crippen MR) is 81.9 cm³/mol. The Bertz CT molecular complexity index is 894. The van der Waals surface area contributed by atoms with Crippen LogP contribution in [0.25, 0.3) is 5.78 Å². The van der Waals surface area contributed by atoms with Crippen molar-refractivity contribution in [2.24, 2.45) is 0 Å². The molecule has 1 aromatic carbocycles. The first-order valence-corrected chi connectivity index (χ1v) is 6.92. The number of benzene rings is 1. The zero-order valence-corrected chi connectivity index (χ0v) is 12.6. The maximum absolute atomic E-state index is 13.1. The van der Waals surface area contributed by atoms with Crippen molar-refractivity contribution in [3.63, 3.8) is 0 Å². The largest absolute Gasteiger partial charge is 0.252 e. The van der Waals surface area contributed by atoms with Gasteiger partial charge in [0.1, 0.15) is 5.82 Å². The maximum atomic E-state index is 13.1. The van der Waals surface area contributed by atoms with Crippen LogP contribution >= 0.6 is 0 Å². The van der Waals surface area contributed by atoms with Crippen molar-refractivity contribution < 1.29 is 4.39 Å². The number of nitrogens with zero attached hydrogens (tertiary/aromatic N) is 4. The van der Waals surface area contributed by atoms with Gasteiger partial charge in [-0.2, -0.15) is 4.98 Å². The van der Waals surface area contributed by atoms with Crippen molar-refractivity contribution in [3.05, 3.63) is 59.4 Å². The molecule has 5 heteroatoms. The number of hydrogen-bond donors (Lipinski definition) is 0. The lowest BCUT2D eigenvalue weighted by molar-refractivity contribution is 0.545. The third kappa shape index (κ3) is 2.96. The molecule has 22 heavy (non-hydrogen) atoms. The van der Waals surface area contributed by atoms with Gasteiger partial charge in [0, 0.05) is 23.4 Å². The smallest absolute Gasteiger partial charge is 0.218 e. The van der Waals surface area contributed by atoms with Crippen LogP contribution < -0.4 is 0 Å². The standard InChI is InChI=1S/C17H15FN4/c1-17(2,3)15-20-16-19-10-13(11-22(16)21-15)8-7-12-5-4-6-14(18)9-12/h4-6,9-11H,1-3H3. The summed E-state index contributed by atoms with van der Waals surface area (Å²) < 4.78 is 14.7. The Morgan fingerprint density at radius 1 is 1.14 bits per heavy atom. The van der Waals surface area contributed by atoms with E-state index < -0.39 is 0 Å². The summed E-state index contributed by atoms with van der Waals surface area (Å²) in [6, 6.07) is 6.18. The molecule has 0 spiro atoms.